The number of methoxy groups -OCH3 is 1. The minimum Gasteiger partial charge on any atom is -0.372 e. The molecule has 0 saturated carbocycles. The number of hydrogen-bond acceptors (Lipinski definition) is 3. The van der Waals surface area contributed by atoms with Crippen LogP contribution in [0.2, 0.25) is 0 Å². The summed E-state index contributed by atoms with van der Waals surface area (Å²) < 4.78 is 4.92. The quantitative estimate of drug-likeness (QED) is 0.763. The van der Waals surface area contributed by atoms with Crippen LogP contribution in [0.3, 0.4) is 0 Å². The minimum atomic E-state index is -0.478. The van der Waals surface area contributed by atoms with Crippen LogP contribution >= 0.6 is 0 Å². The molecule has 0 saturated heterocycles. The third-order valence-corrected chi connectivity index (χ3v) is 2.19. The molecule has 1 aromatic rings. The molecule has 0 aromatic heterocycles. The van der Waals surface area contributed by atoms with Crippen molar-refractivity contribution in [2.24, 2.45) is 5.73 Å². The van der Waals surface area contributed by atoms with Gasteiger partial charge in [0.25, 0.3) is 5.91 Å². The van der Waals surface area contributed by atoms with Gasteiger partial charge in [-0.05, 0) is 25.1 Å². The van der Waals surface area contributed by atoms with E-state index in [1.165, 1.54) is 7.11 Å². The van der Waals surface area contributed by atoms with E-state index < -0.39 is 6.10 Å². The van der Waals surface area contributed by atoms with Crippen LogP contribution in [0.15, 0.2) is 24.3 Å². The molecule has 1 unspecified atom stereocenters. The molecule has 1 aromatic carbocycles. The molecule has 0 heterocycles. The predicted molar refractivity (Wildman–Crippen MR) is 67.5 cm³/mol. The number of anilines is 1. The van der Waals surface area contributed by atoms with E-state index in [9.17, 15) is 4.79 Å². The number of carbonyl (C=O) groups is 1. The Bertz CT molecular complexity index is 446. The normalized spacial score (nSPS) is 11.2. The van der Waals surface area contributed by atoms with Crippen molar-refractivity contribution in [3.63, 3.8) is 0 Å². The van der Waals surface area contributed by atoms with Crippen LogP contribution in [-0.2, 0) is 9.53 Å². The van der Waals surface area contributed by atoms with E-state index in [-0.39, 0.29) is 5.91 Å². The Hall–Kier alpha value is -1.83. The number of nitrogens with one attached hydrogen (secondary N) is 1. The smallest absolute Gasteiger partial charge is 0.253 e. The largest absolute Gasteiger partial charge is 0.372 e. The van der Waals surface area contributed by atoms with Gasteiger partial charge in [0.1, 0.15) is 6.10 Å². The zero-order chi connectivity index (χ0) is 12.7. The lowest BCUT2D eigenvalue weighted by atomic mass is 10.2. The summed E-state index contributed by atoms with van der Waals surface area (Å²) in [5.74, 6) is 5.48. The first-order valence-electron chi connectivity index (χ1n) is 5.30. The van der Waals surface area contributed by atoms with Crippen molar-refractivity contribution in [2.45, 2.75) is 13.0 Å². The van der Waals surface area contributed by atoms with Crippen LogP contribution in [0.1, 0.15) is 12.5 Å². The first-order chi connectivity index (χ1) is 8.17. The summed E-state index contributed by atoms with van der Waals surface area (Å²) in [6, 6.07) is 7.28. The second kappa shape index (κ2) is 6.69. The van der Waals surface area contributed by atoms with Crippen LogP contribution in [0.25, 0.3) is 0 Å². The lowest BCUT2D eigenvalue weighted by Gasteiger charge is -2.10. The van der Waals surface area contributed by atoms with E-state index in [1.54, 1.807) is 19.1 Å². The molecule has 17 heavy (non-hydrogen) atoms. The summed E-state index contributed by atoms with van der Waals surface area (Å²) in [5.41, 5.74) is 6.81. The van der Waals surface area contributed by atoms with Crippen LogP contribution < -0.4 is 11.1 Å². The second-order valence-electron chi connectivity index (χ2n) is 3.45. The molecular formula is C13H16N2O2. The van der Waals surface area contributed by atoms with Crippen molar-refractivity contribution in [1.82, 2.24) is 0 Å². The molecule has 0 fully saturated rings. The summed E-state index contributed by atoms with van der Waals surface area (Å²) in [5, 5.41) is 2.75. The molecule has 90 valence electrons. The zero-order valence-electron chi connectivity index (χ0n) is 9.99. The topological polar surface area (TPSA) is 64.3 Å². The van der Waals surface area contributed by atoms with Gasteiger partial charge in [0, 0.05) is 18.4 Å². The SMILES string of the molecule is COC(C)C(=O)Nc1cccc(C#CCN)c1. The number of hydrogen-bond donors (Lipinski definition) is 2. The summed E-state index contributed by atoms with van der Waals surface area (Å²) in [4.78, 5) is 11.6. The van der Waals surface area contributed by atoms with Crippen molar-refractivity contribution < 1.29 is 9.53 Å². The van der Waals surface area contributed by atoms with Crippen molar-refractivity contribution in [3.8, 4) is 11.8 Å². The Morgan fingerprint density at radius 1 is 1.59 bits per heavy atom. The minimum absolute atomic E-state index is 0.184. The third-order valence-electron chi connectivity index (χ3n) is 2.19. The molecule has 1 rings (SSSR count). The van der Waals surface area contributed by atoms with Gasteiger partial charge in [-0.1, -0.05) is 17.9 Å². The third kappa shape index (κ3) is 4.27. The Kier molecular flexibility index (Phi) is 5.21. The maximum absolute atomic E-state index is 11.6. The molecular weight excluding hydrogens is 216 g/mol. The van der Waals surface area contributed by atoms with Crippen LogP contribution in [0.4, 0.5) is 5.69 Å². The molecule has 1 atom stereocenters. The molecule has 1 amide bonds. The van der Waals surface area contributed by atoms with Gasteiger partial charge in [-0.25, -0.2) is 0 Å². The van der Waals surface area contributed by atoms with Crippen LogP contribution in [0, 0.1) is 11.8 Å². The lowest BCUT2D eigenvalue weighted by molar-refractivity contribution is -0.124. The molecule has 3 N–H and O–H groups in total. The number of amides is 1. The summed E-state index contributed by atoms with van der Waals surface area (Å²) in [7, 11) is 1.49. The van der Waals surface area contributed by atoms with Gasteiger partial charge in [0.15, 0.2) is 0 Å². The number of nitrogens with two attached hydrogens (primary N) is 1. The fourth-order valence-corrected chi connectivity index (χ4v) is 1.18. The van der Waals surface area contributed by atoms with Gasteiger partial charge < -0.3 is 15.8 Å². The average Bonchev–Trinajstić information content (AvgIpc) is 2.35. The van der Waals surface area contributed by atoms with Gasteiger partial charge in [-0.2, -0.15) is 0 Å². The highest BCUT2D eigenvalue weighted by Gasteiger charge is 2.11. The summed E-state index contributed by atoms with van der Waals surface area (Å²) >= 11 is 0. The summed E-state index contributed by atoms with van der Waals surface area (Å²) in [6.45, 7) is 2.00. The second-order valence-corrected chi connectivity index (χ2v) is 3.45. The molecule has 0 bridgehead atoms. The van der Waals surface area contributed by atoms with E-state index in [2.05, 4.69) is 17.2 Å². The van der Waals surface area contributed by atoms with E-state index in [1.807, 2.05) is 12.1 Å². The first-order valence-corrected chi connectivity index (χ1v) is 5.30. The highest BCUT2D eigenvalue weighted by molar-refractivity contribution is 5.94. The van der Waals surface area contributed by atoms with E-state index in [0.29, 0.717) is 12.2 Å². The maximum Gasteiger partial charge on any atom is 0.253 e. The standard InChI is InChI=1S/C13H16N2O2/c1-10(17-2)13(16)15-12-7-3-5-11(9-12)6-4-8-14/h3,5,7,9-10H,8,14H2,1-2H3,(H,15,16). The molecule has 4 nitrogen and oxygen atoms in total. The predicted octanol–water partition coefficient (Wildman–Crippen LogP) is 0.970. The molecule has 0 aliphatic heterocycles. The average molecular weight is 232 g/mol. The Balaban J connectivity index is 2.75. The number of ether oxygens (including phenoxy) is 1. The zero-order valence-corrected chi connectivity index (χ0v) is 9.99. The Labute approximate surface area is 101 Å². The monoisotopic (exact) mass is 232 g/mol. The number of rotatable bonds is 3. The van der Waals surface area contributed by atoms with Crippen molar-refractivity contribution >= 4 is 11.6 Å². The molecule has 0 aliphatic carbocycles. The molecule has 0 radical (unpaired) electrons. The number of carbonyl (C=O) groups excluding carboxylic acids is 1. The van der Waals surface area contributed by atoms with Gasteiger partial charge in [-0.15, -0.1) is 0 Å². The fourth-order valence-electron chi connectivity index (χ4n) is 1.18. The highest BCUT2D eigenvalue weighted by atomic mass is 16.5. The van der Waals surface area contributed by atoms with E-state index in [4.69, 9.17) is 10.5 Å². The Morgan fingerprint density at radius 3 is 3.00 bits per heavy atom. The molecule has 4 heteroatoms. The van der Waals surface area contributed by atoms with Crippen molar-refractivity contribution in [2.75, 3.05) is 19.0 Å². The van der Waals surface area contributed by atoms with Crippen molar-refractivity contribution in [1.29, 1.82) is 0 Å². The van der Waals surface area contributed by atoms with Crippen molar-refractivity contribution in [3.05, 3.63) is 29.8 Å². The fraction of sp³-hybridized carbons (Fsp3) is 0.308. The van der Waals surface area contributed by atoms with E-state index >= 15 is 0 Å². The highest BCUT2D eigenvalue weighted by Crippen LogP contribution is 2.10. The van der Waals surface area contributed by atoms with Gasteiger partial charge in [-0.3, -0.25) is 4.79 Å². The lowest BCUT2D eigenvalue weighted by Crippen LogP contribution is -2.26. The van der Waals surface area contributed by atoms with E-state index in [0.717, 1.165) is 5.56 Å². The van der Waals surface area contributed by atoms with Gasteiger partial charge in [0.05, 0.1) is 6.54 Å². The van der Waals surface area contributed by atoms with Crippen LogP contribution in [0.5, 0.6) is 0 Å². The number of benzene rings is 1. The van der Waals surface area contributed by atoms with Gasteiger partial charge in [0.2, 0.25) is 0 Å². The maximum atomic E-state index is 11.6. The van der Waals surface area contributed by atoms with Crippen LogP contribution in [-0.4, -0.2) is 25.7 Å². The molecule has 0 spiro atoms. The first kappa shape index (κ1) is 13.2. The van der Waals surface area contributed by atoms with Gasteiger partial charge >= 0.3 is 0 Å². The Morgan fingerprint density at radius 2 is 2.35 bits per heavy atom. The molecule has 0 aliphatic rings. The summed E-state index contributed by atoms with van der Waals surface area (Å²) in [6.07, 6.45) is -0.478.